The lowest BCUT2D eigenvalue weighted by atomic mass is 10.1. The van der Waals surface area contributed by atoms with Gasteiger partial charge in [-0.05, 0) is 36.8 Å². The smallest absolute Gasteiger partial charge is 0.271 e. The molecule has 0 radical (unpaired) electrons. The van der Waals surface area contributed by atoms with E-state index in [9.17, 15) is 8.42 Å². The number of benzene rings is 1. The van der Waals surface area contributed by atoms with E-state index in [1.54, 1.807) is 25.1 Å². The van der Waals surface area contributed by atoms with Crippen molar-refractivity contribution >= 4 is 38.6 Å². The maximum absolute atomic E-state index is 12.3. The fourth-order valence-corrected chi connectivity index (χ4v) is 4.19. The number of sulfonamides is 1. The van der Waals surface area contributed by atoms with E-state index >= 15 is 0 Å². The third-order valence-corrected chi connectivity index (χ3v) is 5.70. The molecule has 0 aliphatic heterocycles. The summed E-state index contributed by atoms with van der Waals surface area (Å²) >= 11 is 6.76. The Bertz CT molecular complexity index is 816. The van der Waals surface area contributed by atoms with Crippen LogP contribution in [0.3, 0.4) is 0 Å². The summed E-state index contributed by atoms with van der Waals surface area (Å²) in [5.74, 6) is 5.26. The SMILES string of the molecule is Cc1ccc(C#CCO)cc1NS(=O)(=O)c1ccc(Cl)s1. The molecule has 4 nitrogen and oxygen atoms in total. The highest BCUT2D eigenvalue weighted by Gasteiger charge is 2.17. The molecule has 21 heavy (non-hydrogen) atoms. The molecule has 2 N–H and O–H groups in total. The largest absolute Gasteiger partial charge is 0.384 e. The van der Waals surface area contributed by atoms with Crippen molar-refractivity contribution in [2.45, 2.75) is 11.1 Å². The second-order valence-electron chi connectivity index (χ2n) is 4.15. The summed E-state index contributed by atoms with van der Waals surface area (Å²) in [7, 11) is -3.67. The van der Waals surface area contributed by atoms with Crippen LogP contribution in [-0.2, 0) is 10.0 Å². The zero-order valence-electron chi connectivity index (χ0n) is 11.1. The number of thiophene rings is 1. The standard InChI is InChI=1S/C14H12ClNO3S2/c1-10-4-5-11(3-2-8-17)9-12(10)16-21(18,19)14-7-6-13(15)20-14/h4-7,9,16-17H,8H2,1H3. The molecule has 0 spiro atoms. The van der Waals surface area contributed by atoms with E-state index in [1.807, 2.05) is 0 Å². The maximum Gasteiger partial charge on any atom is 0.271 e. The van der Waals surface area contributed by atoms with Crippen molar-refractivity contribution < 1.29 is 13.5 Å². The summed E-state index contributed by atoms with van der Waals surface area (Å²) in [5.41, 5.74) is 1.84. The van der Waals surface area contributed by atoms with Gasteiger partial charge >= 0.3 is 0 Å². The first-order valence-electron chi connectivity index (χ1n) is 5.91. The number of anilines is 1. The minimum Gasteiger partial charge on any atom is -0.384 e. The Balaban J connectivity index is 2.34. The summed E-state index contributed by atoms with van der Waals surface area (Å²) < 4.78 is 27.6. The van der Waals surface area contributed by atoms with Crippen molar-refractivity contribution in [1.29, 1.82) is 0 Å². The fourth-order valence-electron chi connectivity index (χ4n) is 1.59. The van der Waals surface area contributed by atoms with Crippen molar-refractivity contribution in [1.82, 2.24) is 0 Å². The molecule has 0 atom stereocenters. The minimum absolute atomic E-state index is 0.152. The molecule has 2 aromatic rings. The number of rotatable bonds is 3. The molecule has 2 rings (SSSR count). The van der Waals surface area contributed by atoms with E-state index < -0.39 is 10.0 Å². The zero-order chi connectivity index (χ0) is 15.5. The number of hydrogen-bond acceptors (Lipinski definition) is 4. The third-order valence-electron chi connectivity index (χ3n) is 2.61. The highest BCUT2D eigenvalue weighted by Crippen LogP contribution is 2.28. The van der Waals surface area contributed by atoms with Gasteiger partial charge in [-0.2, -0.15) is 0 Å². The van der Waals surface area contributed by atoms with Crippen molar-refractivity contribution in [3.63, 3.8) is 0 Å². The van der Waals surface area contributed by atoms with Crippen LogP contribution >= 0.6 is 22.9 Å². The first kappa shape index (κ1) is 15.9. The molecule has 1 heterocycles. The number of hydrogen-bond donors (Lipinski definition) is 2. The molecule has 0 saturated carbocycles. The molecule has 0 aliphatic carbocycles. The second-order valence-corrected chi connectivity index (χ2v) is 7.78. The topological polar surface area (TPSA) is 66.4 Å². The average Bonchev–Trinajstić information content (AvgIpc) is 2.87. The quantitative estimate of drug-likeness (QED) is 0.844. The van der Waals surface area contributed by atoms with Gasteiger partial charge in [-0.15, -0.1) is 11.3 Å². The van der Waals surface area contributed by atoms with Crippen LogP contribution in [0.5, 0.6) is 0 Å². The number of aryl methyl sites for hydroxylation is 1. The Morgan fingerprint density at radius 1 is 1.33 bits per heavy atom. The summed E-state index contributed by atoms with van der Waals surface area (Å²) in [6, 6.07) is 8.15. The number of aliphatic hydroxyl groups is 1. The third kappa shape index (κ3) is 3.99. The van der Waals surface area contributed by atoms with Gasteiger partial charge in [0.05, 0.1) is 10.0 Å². The average molecular weight is 342 g/mol. The monoisotopic (exact) mass is 341 g/mol. The lowest BCUT2D eigenvalue weighted by Crippen LogP contribution is -2.12. The summed E-state index contributed by atoms with van der Waals surface area (Å²) in [6.45, 7) is 1.55. The molecule has 0 aliphatic rings. The minimum atomic E-state index is -3.67. The zero-order valence-corrected chi connectivity index (χ0v) is 13.4. The van der Waals surface area contributed by atoms with Crippen LogP contribution in [0.15, 0.2) is 34.5 Å². The number of halogens is 1. The maximum atomic E-state index is 12.3. The van der Waals surface area contributed by atoms with Gasteiger partial charge in [-0.25, -0.2) is 8.42 Å². The van der Waals surface area contributed by atoms with Gasteiger partial charge in [0.15, 0.2) is 0 Å². The van der Waals surface area contributed by atoms with E-state index in [0.29, 0.717) is 15.6 Å². The molecule has 7 heteroatoms. The fraction of sp³-hybridized carbons (Fsp3) is 0.143. The Kier molecular flexibility index (Phi) is 4.91. The van der Waals surface area contributed by atoms with Gasteiger partial charge in [-0.3, -0.25) is 4.72 Å². The van der Waals surface area contributed by atoms with Gasteiger partial charge in [0, 0.05) is 5.56 Å². The van der Waals surface area contributed by atoms with Crippen LogP contribution < -0.4 is 4.72 Å². The van der Waals surface area contributed by atoms with E-state index in [2.05, 4.69) is 16.6 Å². The van der Waals surface area contributed by atoms with Crippen LogP contribution in [0.25, 0.3) is 0 Å². The van der Waals surface area contributed by atoms with E-state index in [0.717, 1.165) is 16.9 Å². The molecule has 0 amide bonds. The lowest BCUT2D eigenvalue weighted by Gasteiger charge is -2.09. The van der Waals surface area contributed by atoms with Crippen LogP contribution in [0.4, 0.5) is 5.69 Å². The molecule has 1 aromatic heterocycles. The Morgan fingerprint density at radius 2 is 2.10 bits per heavy atom. The molecule has 1 aromatic carbocycles. The van der Waals surface area contributed by atoms with Crippen molar-refractivity contribution in [2.75, 3.05) is 11.3 Å². The van der Waals surface area contributed by atoms with Crippen molar-refractivity contribution in [3.8, 4) is 11.8 Å². The van der Waals surface area contributed by atoms with Crippen molar-refractivity contribution in [3.05, 3.63) is 45.8 Å². The molecule has 0 bridgehead atoms. The molecule has 0 unspecified atom stereocenters. The Hall–Kier alpha value is -1.52. The Morgan fingerprint density at radius 3 is 2.71 bits per heavy atom. The van der Waals surface area contributed by atoms with Crippen LogP contribution in [0.1, 0.15) is 11.1 Å². The summed E-state index contributed by atoms with van der Waals surface area (Å²) in [5, 5.41) is 8.69. The predicted octanol–water partition coefficient (Wildman–Crippen LogP) is 2.85. The van der Waals surface area contributed by atoms with Gasteiger partial charge in [0.2, 0.25) is 0 Å². The first-order valence-corrected chi connectivity index (χ1v) is 8.58. The molecular weight excluding hydrogens is 330 g/mol. The van der Waals surface area contributed by atoms with Crippen molar-refractivity contribution in [2.24, 2.45) is 0 Å². The highest BCUT2D eigenvalue weighted by atomic mass is 35.5. The normalized spacial score (nSPS) is 10.8. The van der Waals surface area contributed by atoms with Crippen LogP contribution in [-0.4, -0.2) is 20.1 Å². The summed E-state index contributed by atoms with van der Waals surface area (Å²) in [4.78, 5) is 0. The highest BCUT2D eigenvalue weighted by molar-refractivity contribution is 7.94. The summed E-state index contributed by atoms with van der Waals surface area (Å²) in [6.07, 6.45) is 0. The van der Waals surface area contributed by atoms with Crippen LogP contribution in [0.2, 0.25) is 4.34 Å². The van der Waals surface area contributed by atoms with E-state index in [-0.39, 0.29) is 10.8 Å². The first-order chi connectivity index (χ1) is 9.92. The van der Waals surface area contributed by atoms with Gasteiger partial charge in [0.1, 0.15) is 10.8 Å². The molecule has 0 fully saturated rings. The van der Waals surface area contributed by atoms with E-state index in [4.69, 9.17) is 16.7 Å². The van der Waals surface area contributed by atoms with Gasteiger partial charge in [-0.1, -0.05) is 29.5 Å². The Labute approximate surface area is 132 Å². The number of nitrogens with one attached hydrogen (secondary N) is 1. The molecule has 110 valence electrons. The van der Waals surface area contributed by atoms with Gasteiger partial charge in [0.25, 0.3) is 10.0 Å². The lowest BCUT2D eigenvalue weighted by molar-refractivity contribution is 0.350. The second kappa shape index (κ2) is 6.50. The number of aliphatic hydroxyl groups excluding tert-OH is 1. The predicted molar refractivity (Wildman–Crippen MR) is 85.3 cm³/mol. The van der Waals surface area contributed by atoms with Gasteiger partial charge < -0.3 is 5.11 Å². The van der Waals surface area contributed by atoms with E-state index in [1.165, 1.54) is 12.1 Å². The molecular formula is C14H12ClNO3S2. The van der Waals surface area contributed by atoms with Crippen LogP contribution in [0, 0.1) is 18.8 Å². The molecule has 0 saturated heterocycles.